The number of halogens is 1. The van der Waals surface area contributed by atoms with Crippen LogP contribution in [0.25, 0.3) is 0 Å². The predicted octanol–water partition coefficient (Wildman–Crippen LogP) is 0.130. The summed E-state index contributed by atoms with van der Waals surface area (Å²) >= 11 is 6.17. The molecule has 5 nitrogen and oxygen atoms in total. The molecule has 1 fully saturated rings. The van der Waals surface area contributed by atoms with Gasteiger partial charge in [-0.2, -0.15) is 0 Å². The van der Waals surface area contributed by atoms with Crippen LogP contribution in [-0.2, 0) is 11.3 Å². The Labute approximate surface area is 98.6 Å². The van der Waals surface area contributed by atoms with Crippen LogP contribution in [0.1, 0.15) is 5.56 Å². The first-order valence-electron chi connectivity index (χ1n) is 5.07. The quantitative estimate of drug-likeness (QED) is 0.771. The monoisotopic (exact) mass is 240 g/mol. The highest BCUT2D eigenvalue weighted by Gasteiger charge is 2.20. The molecule has 1 aromatic heterocycles. The smallest absolute Gasteiger partial charge is 0.239 e. The van der Waals surface area contributed by atoms with Crippen molar-refractivity contribution in [2.45, 2.75) is 6.54 Å². The molecule has 1 aromatic rings. The van der Waals surface area contributed by atoms with E-state index in [1.54, 1.807) is 12.3 Å². The third-order valence-corrected chi connectivity index (χ3v) is 2.92. The highest BCUT2D eigenvalue weighted by Crippen LogP contribution is 2.26. The van der Waals surface area contributed by atoms with Crippen LogP contribution >= 0.6 is 11.6 Å². The zero-order valence-corrected chi connectivity index (χ0v) is 9.50. The molecule has 6 heteroatoms. The first-order chi connectivity index (χ1) is 7.72. The van der Waals surface area contributed by atoms with Gasteiger partial charge in [0.1, 0.15) is 5.82 Å². The molecule has 86 valence electrons. The summed E-state index contributed by atoms with van der Waals surface area (Å²) in [6.07, 6.45) is 1.66. The molecule has 2 rings (SSSR count). The van der Waals surface area contributed by atoms with Crippen LogP contribution in [0.2, 0.25) is 5.02 Å². The second-order valence-corrected chi connectivity index (χ2v) is 3.96. The summed E-state index contributed by atoms with van der Waals surface area (Å²) in [7, 11) is 0. The normalized spacial score (nSPS) is 16.1. The molecule has 0 atom stereocenters. The standard InChI is InChI=1S/C10H13ClN4O/c11-9-7(5-12)1-2-14-10(9)15-4-3-13-8(16)6-15/h1-2H,3-6,12H2,(H,13,16). The molecule has 0 spiro atoms. The zero-order chi connectivity index (χ0) is 11.5. The number of anilines is 1. The van der Waals surface area contributed by atoms with Gasteiger partial charge >= 0.3 is 0 Å². The predicted molar refractivity (Wildman–Crippen MR) is 62.4 cm³/mol. The van der Waals surface area contributed by atoms with Gasteiger partial charge in [0, 0.05) is 25.8 Å². The lowest BCUT2D eigenvalue weighted by molar-refractivity contribution is -0.120. The molecule has 0 aliphatic carbocycles. The molecule has 0 saturated carbocycles. The number of nitrogens with two attached hydrogens (primary N) is 1. The van der Waals surface area contributed by atoms with Gasteiger partial charge in [-0.15, -0.1) is 0 Å². The second-order valence-electron chi connectivity index (χ2n) is 3.58. The first-order valence-corrected chi connectivity index (χ1v) is 5.45. The van der Waals surface area contributed by atoms with Crippen molar-refractivity contribution in [1.82, 2.24) is 10.3 Å². The average Bonchev–Trinajstić information content (AvgIpc) is 2.29. The van der Waals surface area contributed by atoms with Crippen molar-refractivity contribution >= 4 is 23.3 Å². The molecule has 0 aromatic carbocycles. The minimum absolute atomic E-state index is 0.0118. The minimum atomic E-state index is -0.0118. The van der Waals surface area contributed by atoms with Crippen LogP contribution in [0.3, 0.4) is 0 Å². The fourth-order valence-corrected chi connectivity index (χ4v) is 1.98. The average molecular weight is 241 g/mol. The largest absolute Gasteiger partial charge is 0.353 e. The molecule has 1 aliphatic rings. The lowest BCUT2D eigenvalue weighted by Gasteiger charge is -2.28. The van der Waals surface area contributed by atoms with Gasteiger partial charge in [-0.1, -0.05) is 11.6 Å². The van der Waals surface area contributed by atoms with Gasteiger partial charge in [0.15, 0.2) is 0 Å². The van der Waals surface area contributed by atoms with Crippen LogP contribution < -0.4 is 16.0 Å². The fraction of sp³-hybridized carbons (Fsp3) is 0.400. The van der Waals surface area contributed by atoms with E-state index in [0.29, 0.717) is 37.0 Å². The molecule has 1 aliphatic heterocycles. The van der Waals surface area contributed by atoms with Crippen LogP contribution in [0.15, 0.2) is 12.3 Å². The van der Waals surface area contributed by atoms with Crippen LogP contribution in [0.5, 0.6) is 0 Å². The van der Waals surface area contributed by atoms with Crippen LogP contribution in [-0.4, -0.2) is 30.5 Å². The number of rotatable bonds is 2. The van der Waals surface area contributed by atoms with Crippen molar-refractivity contribution in [3.63, 3.8) is 0 Å². The van der Waals surface area contributed by atoms with E-state index in [2.05, 4.69) is 10.3 Å². The van der Waals surface area contributed by atoms with E-state index in [1.807, 2.05) is 4.90 Å². The Kier molecular flexibility index (Phi) is 3.26. The maximum atomic E-state index is 11.3. The van der Waals surface area contributed by atoms with Gasteiger partial charge in [0.25, 0.3) is 0 Å². The van der Waals surface area contributed by atoms with Crippen molar-refractivity contribution in [3.05, 3.63) is 22.8 Å². The summed E-state index contributed by atoms with van der Waals surface area (Å²) in [6.45, 7) is 1.99. The Bertz CT molecular complexity index is 410. The molecule has 3 N–H and O–H groups in total. The second kappa shape index (κ2) is 4.67. The van der Waals surface area contributed by atoms with E-state index in [4.69, 9.17) is 17.3 Å². The number of carbonyl (C=O) groups excluding carboxylic acids is 1. The van der Waals surface area contributed by atoms with E-state index in [-0.39, 0.29) is 5.91 Å². The van der Waals surface area contributed by atoms with Crippen LogP contribution in [0, 0.1) is 0 Å². The van der Waals surface area contributed by atoms with E-state index in [1.165, 1.54) is 0 Å². The third-order valence-electron chi connectivity index (χ3n) is 2.51. The SMILES string of the molecule is NCc1ccnc(N2CCNC(=O)C2)c1Cl. The number of pyridine rings is 1. The van der Waals surface area contributed by atoms with Crippen molar-refractivity contribution in [2.24, 2.45) is 5.73 Å². The highest BCUT2D eigenvalue weighted by molar-refractivity contribution is 6.33. The first kappa shape index (κ1) is 11.2. The Morgan fingerprint density at radius 1 is 1.62 bits per heavy atom. The lowest BCUT2D eigenvalue weighted by Crippen LogP contribution is -2.48. The summed E-state index contributed by atoms with van der Waals surface area (Å²) in [5, 5.41) is 3.30. The van der Waals surface area contributed by atoms with Gasteiger partial charge in [0.05, 0.1) is 11.6 Å². The topological polar surface area (TPSA) is 71.2 Å². The third kappa shape index (κ3) is 2.10. The zero-order valence-electron chi connectivity index (χ0n) is 8.74. The maximum absolute atomic E-state index is 11.3. The number of hydrogen-bond acceptors (Lipinski definition) is 4. The number of hydrogen-bond donors (Lipinski definition) is 2. The molecule has 0 radical (unpaired) electrons. The van der Waals surface area contributed by atoms with Crippen molar-refractivity contribution < 1.29 is 4.79 Å². The van der Waals surface area contributed by atoms with E-state index in [9.17, 15) is 4.79 Å². The molecule has 0 bridgehead atoms. The van der Waals surface area contributed by atoms with Crippen molar-refractivity contribution in [3.8, 4) is 0 Å². The maximum Gasteiger partial charge on any atom is 0.239 e. The van der Waals surface area contributed by atoms with E-state index in [0.717, 1.165) is 5.56 Å². The lowest BCUT2D eigenvalue weighted by atomic mass is 10.2. The molecule has 1 amide bonds. The highest BCUT2D eigenvalue weighted by atomic mass is 35.5. The number of nitrogens with zero attached hydrogens (tertiary/aromatic N) is 2. The van der Waals surface area contributed by atoms with Crippen molar-refractivity contribution in [2.75, 3.05) is 24.5 Å². The molecule has 16 heavy (non-hydrogen) atoms. The Morgan fingerprint density at radius 3 is 3.12 bits per heavy atom. The number of amides is 1. The van der Waals surface area contributed by atoms with E-state index >= 15 is 0 Å². The van der Waals surface area contributed by atoms with Gasteiger partial charge in [-0.25, -0.2) is 4.98 Å². The van der Waals surface area contributed by atoms with Gasteiger partial charge in [0.2, 0.25) is 5.91 Å². The summed E-state index contributed by atoms with van der Waals surface area (Å²) < 4.78 is 0. The summed E-state index contributed by atoms with van der Waals surface area (Å²) in [6, 6.07) is 1.79. The molecular weight excluding hydrogens is 228 g/mol. The number of aromatic nitrogens is 1. The summed E-state index contributed by atoms with van der Waals surface area (Å²) in [5.41, 5.74) is 6.41. The molecule has 1 saturated heterocycles. The molecule has 2 heterocycles. The Balaban J connectivity index is 2.29. The number of nitrogens with one attached hydrogen (secondary N) is 1. The Hall–Kier alpha value is -1.33. The van der Waals surface area contributed by atoms with E-state index < -0.39 is 0 Å². The fourth-order valence-electron chi connectivity index (χ4n) is 1.67. The molecular formula is C10H13ClN4O. The molecule has 0 unspecified atom stereocenters. The van der Waals surface area contributed by atoms with Crippen LogP contribution in [0.4, 0.5) is 5.82 Å². The number of piperazine rings is 1. The summed E-state index contributed by atoms with van der Waals surface area (Å²) in [5.74, 6) is 0.627. The number of carbonyl (C=O) groups is 1. The van der Waals surface area contributed by atoms with Gasteiger partial charge in [-0.05, 0) is 11.6 Å². The van der Waals surface area contributed by atoms with Gasteiger partial charge < -0.3 is 16.0 Å². The van der Waals surface area contributed by atoms with Gasteiger partial charge in [-0.3, -0.25) is 4.79 Å². The van der Waals surface area contributed by atoms with Crippen molar-refractivity contribution in [1.29, 1.82) is 0 Å². The summed E-state index contributed by atoms with van der Waals surface area (Å²) in [4.78, 5) is 17.3. The minimum Gasteiger partial charge on any atom is -0.353 e. The Morgan fingerprint density at radius 2 is 2.44 bits per heavy atom.